The van der Waals surface area contributed by atoms with Crippen molar-refractivity contribution in [2.75, 3.05) is 13.2 Å². The zero-order valence-corrected chi connectivity index (χ0v) is 18.3. The molecule has 2 rings (SSSR count). The van der Waals surface area contributed by atoms with Gasteiger partial charge >= 0.3 is 5.97 Å². The number of aliphatic hydroxyl groups excluding tert-OH is 1. The van der Waals surface area contributed by atoms with Crippen LogP contribution in [0.3, 0.4) is 0 Å². The predicted octanol–water partition coefficient (Wildman–Crippen LogP) is -1.72. The van der Waals surface area contributed by atoms with E-state index in [1.165, 1.54) is 12.5 Å². The van der Waals surface area contributed by atoms with Gasteiger partial charge < -0.3 is 36.5 Å². The van der Waals surface area contributed by atoms with Gasteiger partial charge in [0, 0.05) is 18.3 Å². The van der Waals surface area contributed by atoms with Gasteiger partial charge in [0.1, 0.15) is 18.1 Å². The number of amides is 3. The third kappa shape index (κ3) is 7.02. The highest BCUT2D eigenvalue weighted by Gasteiger charge is 2.33. The number of carbonyl (C=O) groups is 4. The highest BCUT2D eigenvalue weighted by atomic mass is 16.4. The van der Waals surface area contributed by atoms with Crippen LogP contribution in [0.5, 0.6) is 0 Å². The molecule has 1 aromatic heterocycles. The van der Waals surface area contributed by atoms with Gasteiger partial charge in [0.2, 0.25) is 17.7 Å². The van der Waals surface area contributed by atoms with Crippen LogP contribution in [0.1, 0.15) is 38.8 Å². The molecule has 12 nitrogen and oxygen atoms in total. The lowest BCUT2D eigenvalue weighted by molar-refractivity contribution is -0.143. The quantitative estimate of drug-likeness (QED) is 0.195. The van der Waals surface area contributed by atoms with E-state index in [-0.39, 0.29) is 24.3 Å². The number of carboxylic acids is 1. The Labute approximate surface area is 185 Å². The first-order chi connectivity index (χ1) is 15.3. The molecule has 3 amide bonds. The molecule has 0 aromatic carbocycles. The van der Waals surface area contributed by atoms with Crippen molar-refractivity contribution in [1.29, 1.82) is 0 Å². The van der Waals surface area contributed by atoms with Crippen molar-refractivity contribution < 1.29 is 29.4 Å². The number of hydrogen-bond acceptors (Lipinski definition) is 7. The predicted molar refractivity (Wildman–Crippen MR) is 113 cm³/mol. The maximum absolute atomic E-state index is 13.1. The van der Waals surface area contributed by atoms with Crippen molar-refractivity contribution in [3.05, 3.63) is 18.2 Å². The zero-order chi connectivity index (χ0) is 23.7. The molecule has 5 unspecified atom stereocenters. The fourth-order valence-corrected chi connectivity index (χ4v) is 3.41. The molecule has 0 aliphatic carbocycles. The molecule has 1 saturated heterocycles. The van der Waals surface area contributed by atoms with E-state index < -0.39 is 42.5 Å². The fourth-order valence-electron chi connectivity index (χ4n) is 3.41. The van der Waals surface area contributed by atoms with Crippen molar-refractivity contribution >= 4 is 23.7 Å². The molecule has 7 N–H and O–H groups in total. The summed E-state index contributed by atoms with van der Waals surface area (Å²) in [7, 11) is 0. The third-order valence-corrected chi connectivity index (χ3v) is 5.58. The van der Waals surface area contributed by atoms with Crippen LogP contribution >= 0.6 is 0 Å². The monoisotopic (exact) mass is 452 g/mol. The second-order valence-corrected chi connectivity index (χ2v) is 7.94. The summed E-state index contributed by atoms with van der Waals surface area (Å²) in [6.07, 6.45) is 5.08. The van der Waals surface area contributed by atoms with E-state index in [1.807, 2.05) is 13.8 Å². The van der Waals surface area contributed by atoms with Gasteiger partial charge in [0.25, 0.3) is 0 Å². The maximum Gasteiger partial charge on any atom is 0.328 e. The van der Waals surface area contributed by atoms with Gasteiger partial charge in [-0.1, -0.05) is 20.3 Å². The number of aliphatic hydroxyl groups is 1. The summed E-state index contributed by atoms with van der Waals surface area (Å²) in [4.78, 5) is 56.3. The van der Waals surface area contributed by atoms with Gasteiger partial charge in [-0.2, -0.15) is 0 Å². The minimum atomic E-state index is -1.51. The summed E-state index contributed by atoms with van der Waals surface area (Å²) >= 11 is 0. The van der Waals surface area contributed by atoms with Crippen molar-refractivity contribution in [3.63, 3.8) is 0 Å². The number of aliphatic carboxylic acids is 1. The van der Waals surface area contributed by atoms with E-state index in [2.05, 4.69) is 31.2 Å². The Morgan fingerprint density at radius 3 is 2.44 bits per heavy atom. The van der Waals surface area contributed by atoms with Crippen LogP contribution in [0.4, 0.5) is 0 Å². The van der Waals surface area contributed by atoms with Gasteiger partial charge in [-0.05, 0) is 25.3 Å². The molecule has 178 valence electrons. The summed E-state index contributed by atoms with van der Waals surface area (Å²) in [6.45, 7) is 3.65. The number of hydrogen-bond donors (Lipinski definition) is 7. The number of aromatic amines is 1. The second kappa shape index (κ2) is 12.2. The van der Waals surface area contributed by atoms with E-state index in [0.717, 1.165) is 13.0 Å². The number of imidazole rings is 1. The molecule has 1 fully saturated rings. The van der Waals surface area contributed by atoms with Gasteiger partial charge in [-0.15, -0.1) is 0 Å². The lowest BCUT2D eigenvalue weighted by Gasteiger charge is -2.27. The lowest BCUT2D eigenvalue weighted by Crippen LogP contribution is -2.59. The van der Waals surface area contributed by atoms with Crippen LogP contribution in [0.25, 0.3) is 0 Å². The van der Waals surface area contributed by atoms with E-state index >= 15 is 0 Å². The smallest absolute Gasteiger partial charge is 0.328 e. The number of carbonyl (C=O) groups excluding carboxylic acids is 3. The van der Waals surface area contributed by atoms with Crippen LogP contribution in [0, 0.1) is 5.92 Å². The lowest BCUT2D eigenvalue weighted by atomic mass is 9.97. The molecular weight excluding hydrogens is 420 g/mol. The van der Waals surface area contributed by atoms with Gasteiger partial charge in [-0.3, -0.25) is 14.4 Å². The molecule has 5 atom stereocenters. The first-order valence-electron chi connectivity index (χ1n) is 10.7. The number of rotatable bonds is 12. The minimum absolute atomic E-state index is 0.0146. The van der Waals surface area contributed by atoms with Gasteiger partial charge in [-0.25, -0.2) is 9.78 Å². The molecule has 0 spiro atoms. The molecule has 2 heterocycles. The summed E-state index contributed by atoms with van der Waals surface area (Å²) in [5.74, 6) is -3.22. The van der Waals surface area contributed by atoms with Crippen molar-refractivity contribution in [2.45, 2.75) is 63.7 Å². The van der Waals surface area contributed by atoms with E-state index in [9.17, 15) is 24.3 Å². The Morgan fingerprint density at radius 1 is 1.19 bits per heavy atom. The molecule has 12 heteroatoms. The SMILES string of the molecule is CCC(C)C(NC(=O)C1CCCN1)C(=O)NC(Cc1cnc[nH]1)C(=O)NC(CO)C(=O)O. The largest absolute Gasteiger partial charge is 0.480 e. The van der Waals surface area contributed by atoms with Gasteiger partial charge in [0.15, 0.2) is 0 Å². The Morgan fingerprint density at radius 2 is 1.91 bits per heavy atom. The highest BCUT2D eigenvalue weighted by molar-refractivity contribution is 5.94. The summed E-state index contributed by atoms with van der Waals surface area (Å²) in [5.41, 5.74) is 0.542. The van der Waals surface area contributed by atoms with Crippen LogP contribution < -0.4 is 21.3 Å². The average molecular weight is 453 g/mol. The number of nitrogens with zero attached hydrogens (tertiary/aromatic N) is 1. The maximum atomic E-state index is 13.1. The molecule has 0 radical (unpaired) electrons. The summed E-state index contributed by atoms with van der Waals surface area (Å²) in [5, 5.41) is 29.0. The van der Waals surface area contributed by atoms with Crippen molar-refractivity contribution in [2.24, 2.45) is 5.92 Å². The van der Waals surface area contributed by atoms with Crippen LogP contribution in [0.2, 0.25) is 0 Å². The Bertz CT molecular complexity index is 780. The van der Waals surface area contributed by atoms with Gasteiger partial charge in [0.05, 0.1) is 19.0 Å². The fraction of sp³-hybridized carbons (Fsp3) is 0.650. The minimum Gasteiger partial charge on any atom is -0.480 e. The number of H-pyrrole nitrogens is 1. The molecule has 0 bridgehead atoms. The Balaban J connectivity index is 2.15. The Hall–Kier alpha value is -2.99. The van der Waals surface area contributed by atoms with Crippen LogP contribution in [-0.2, 0) is 25.6 Å². The number of nitrogens with one attached hydrogen (secondary N) is 5. The summed E-state index contributed by atoms with van der Waals surface area (Å²) in [6, 6.07) is -3.90. The van der Waals surface area contributed by atoms with Crippen molar-refractivity contribution in [1.82, 2.24) is 31.2 Å². The Kier molecular flexibility index (Phi) is 9.60. The second-order valence-electron chi connectivity index (χ2n) is 7.94. The van der Waals surface area contributed by atoms with Crippen molar-refractivity contribution in [3.8, 4) is 0 Å². The molecular formula is C20H32N6O6. The topological polar surface area (TPSA) is 186 Å². The molecule has 1 aliphatic rings. The first kappa shape index (κ1) is 25.3. The molecule has 32 heavy (non-hydrogen) atoms. The van der Waals surface area contributed by atoms with Crippen LogP contribution in [-0.4, -0.2) is 81.2 Å². The van der Waals surface area contributed by atoms with E-state index in [4.69, 9.17) is 5.11 Å². The number of carboxylic acid groups (broad SMARTS) is 1. The standard InChI is InChI=1S/C20H32N6O6/c1-3-11(2)16(26-17(28)13-5-4-6-22-13)19(30)24-14(7-12-8-21-10-23-12)18(29)25-15(9-27)20(31)32/h8,10-11,13-16,22,27H,3-7,9H2,1-2H3,(H,21,23)(H,24,30)(H,25,29)(H,26,28)(H,31,32). The van der Waals surface area contributed by atoms with E-state index in [1.54, 1.807) is 0 Å². The zero-order valence-electron chi connectivity index (χ0n) is 18.3. The normalized spacial score (nSPS) is 19.4. The molecule has 1 aliphatic heterocycles. The average Bonchev–Trinajstić information content (AvgIpc) is 3.48. The molecule has 0 saturated carbocycles. The van der Waals surface area contributed by atoms with Crippen LogP contribution in [0.15, 0.2) is 12.5 Å². The molecule has 1 aromatic rings. The summed E-state index contributed by atoms with van der Waals surface area (Å²) < 4.78 is 0. The third-order valence-electron chi connectivity index (χ3n) is 5.58. The highest BCUT2D eigenvalue weighted by Crippen LogP contribution is 2.12. The van der Waals surface area contributed by atoms with E-state index in [0.29, 0.717) is 18.5 Å². The first-order valence-corrected chi connectivity index (χ1v) is 10.7. The number of aromatic nitrogens is 2.